The van der Waals surface area contributed by atoms with Crippen LogP contribution in [0.15, 0.2) is 41.9 Å². The lowest BCUT2D eigenvalue weighted by Crippen LogP contribution is -2.49. The van der Waals surface area contributed by atoms with Crippen LogP contribution in [-0.4, -0.2) is 52.9 Å². The molecule has 1 aromatic carbocycles. The summed E-state index contributed by atoms with van der Waals surface area (Å²) in [6, 6.07) is 8.13. The maximum atomic E-state index is 12.9. The van der Waals surface area contributed by atoms with E-state index < -0.39 is 28.6 Å². The van der Waals surface area contributed by atoms with E-state index >= 15 is 0 Å². The number of hydrogen-bond acceptors (Lipinski definition) is 7. The van der Waals surface area contributed by atoms with Crippen molar-refractivity contribution in [2.45, 2.75) is 32.9 Å². The predicted octanol–water partition coefficient (Wildman–Crippen LogP) is 2.66. The standard InChI is InChI=1S/C22H23N3O5S2/c1-14-10-18(15(2)25(14)22-23-8-9-31-22)20(26)13-30-21(27)19-11-16-6-4-5-7-17(16)12-24(19)32(3,28)29/h4-10,19H,11-13H2,1-3H3. The van der Waals surface area contributed by atoms with Crippen LogP contribution in [-0.2, 0) is 32.5 Å². The fraction of sp³-hybridized carbons (Fsp3) is 0.318. The van der Waals surface area contributed by atoms with Crippen LogP contribution in [0, 0.1) is 13.8 Å². The van der Waals surface area contributed by atoms with Gasteiger partial charge in [0.1, 0.15) is 6.04 Å². The number of aromatic nitrogens is 2. The molecular formula is C22H23N3O5S2. The van der Waals surface area contributed by atoms with Gasteiger partial charge in [-0.25, -0.2) is 13.4 Å². The average Bonchev–Trinajstić information content (AvgIpc) is 3.37. The van der Waals surface area contributed by atoms with Gasteiger partial charge in [-0.1, -0.05) is 24.3 Å². The zero-order chi connectivity index (χ0) is 23.0. The van der Waals surface area contributed by atoms with Gasteiger partial charge in [-0.15, -0.1) is 11.3 Å². The molecule has 0 aliphatic carbocycles. The second-order valence-electron chi connectivity index (χ2n) is 7.76. The van der Waals surface area contributed by atoms with E-state index in [4.69, 9.17) is 4.74 Å². The number of hydrogen-bond donors (Lipinski definition) is 0. The summed E-state index contributed by atoms with van der Waals surface area (Å²) in [6.45, 7) is 3.32. The van der Waals surface area contributed by atoms with Crippen molar-refractivity contribution in [1.29, 1.82) is 0 Å². The molecule has 8 nitrogen and oxygen atoms in total. The molecule has 1 atom stereocenters. The van der Waals surface area contributed by atoms with Crippen molar-refractivity contribution < 1.29 is 22.7 Å². The van der Waals surface area contributed by atoms with Crippen LogP contribution >= 0.6 is 11.3 Å². The number of nitrogens with zero attached hydrogens (tertiary/aromatic N) is 3. The normalized spacial score (nSPS) is 16.5. The molecule has 3 aromatic rings. The molecule has 0 saturated carbocycles. The molecule has 32 heavy (non-hydrogen) atoms. The van der Waals surface area contributed by atoms with Gasteiger partial charge in [0.05, 0.1) is 6.26 Å². The summed E-state index contributed by atoms with van der Waals surface area (Å²) in [5.74, 6) is -1.08. The van der Waals surface area contributed by atoms with Gasteiger partial charge >= 0.3 is 5.97 Å². The number of fused-ring (bicyclic) bond motifs is 1. The molecule has 0 N–H and O–H groups in total. The molecule has 0 radical (unpaired) electrons. The van der Waals surface area contributed by atoms with Gasteiger partial charge in [-0.3, -0.25) is 14.2 Å². The first-order valence-electron chi connectivity index (χ1n) is 9.99. The van der Waals surface area contributed by atoms with E-state index in [1.807, 2.05) is 48.1 Å². The highest BCUT2D eigenvalue weighted by atomic mass is 32.2. The third kappa shape index (κ3) is 4.25. The van der Waals surface area contributed by atoms with Crippen molar-refractivity contribution in [3.63, 3.8) is 0 Å². The fourth-order valence-corrected chi connectivity index (χ4v) is 5.77. The van der Waals surface area contributed by atoms with Crippen LogP contribution in [0.5, 0.6) is 0 Å². The number of Topliss-reactive ketones (excluding diaryl/α,β-unsaturated/α-hetero) is 1. The molecule has 0 amide bonds. The Hall–Kier alpha value is -2.82. The van der Waals surface area contributed by atoms with Crippen molar-refractivity contribution in [2.75, 3.05) is 12.9 Å². The van der Waals surface area contributed by atoms with Gasteiger partial charge in [0.25, 0.3) is 0 Å². The van der Waals surface area contributed by atoms with Crippen LogP contribution < -0.4 is 0 Å². The van der Waals surface area contributed by atoms with Gasteiger partial charge in [0.2, 0.25) is 15.8 Å². The fourth-order valence-electron chi connectivity index (χ4n) is 4.02. The molecule has 10 heteroatoms. The molecule has 0 fully saturated rings. The highest BCUT2D eigenvalue weighted by molar-refractivity contribution is 7.88. The number of rotatable bonds is 6. The van der Waals surface area contributed by atoms with Crippen molar-refractivity contribution >= 4 is 33.1 Å². The first-order valence-corrected chi connectivity index (χ1v) is 12.7. The molecule has 1 aliphatic heterocycles. The highest BCUT2D eigenvalue weighted by Crippen LogP contribution is 2.27. The number of thiazole rings is 1. The van der Waals surface area contributed by atoms with E-state index in [0.717, 1.165) is 32.5 Å². The lowest BCUT2D eigenvalue weighted by molar-refractivity contribution is -0.147. The summed E-state index contributed by atoms with van der Waals surface area (Å²) in [7, 11) is -3.65. The van der Waals surface area contributed by atoms with E-state index in [-0.39, 0.29) is 18.7 Å². The van der Waals surface area contributed by atoms with Crippen molar-refractivity contribution in [1.82, 2.24) is 13.9 Å². The SMILES string of the molecule is Cc1cc(C(=O)COC(=O)C2Cc3ccccc3CN2S(C)(=O)=O)c(C)n1-c1nccs1. The number of ketones is 1. The molecule has 2 aromatic heterocycles. The maximum Gasteiger partial charge on any atom is 0.325 e. The molecular weight excluding hydrogens is 450 g/mol. The Balaban J connectivity index is 1.51. The summed E-state index contributed by atoms with van der Waals surface area (Å²) in [5, 5.41) is 2.61. The minimum atomic E-state index is -3.65. The number of sulfonamides is 1. The van der Waals surface area contributed by atoms with Crippen molar-refractivity contribution in [2.24, 2.45) is 0 Å². The van der Waals surface area contributed by atoms with E-state index in [2.05, 4.69) is 4.98 Å². The summed E-state index contributed by atoms with van der Waals surface area (Å²) in [4.78, 5) is 30.0. The Morgan fingerprint density at radius 2 is 1.94 bits per heavy atom. The summed E-state index contributed by atoms with van der Waals surface area (Å²) in [6.07, 6.45) is 2.96. The van der Waals surface area contributed by atoms with Gasteiger partial charge in [0.15, 0.2) is 11.7 Å². The summed E-state index contributed by atoms with van der Waals surface area (Å²) < 4.78 is 33.0. The maximum absolute atomic E-state index is 12.9. The average molecular weight is 474 g/mol. The van der Waals surface area contributed by atoms with Crippen LogP contribution in [0.3, 0.4) is 0 Å². The van der Waals surface area contributed by atoms with Gasteiger partial charge in [-0.2, -0.15) is 4.31 Å². The minimum Gasteiger partial charge on any atom is -0.456 e. The second kappa shape index (κ2) is 8.61. The van der Waals surface area contributed by atoms with Crippen LogP contribution in [0.1, 0.15) is 32.9 Å². The number of carbonyl (C=O) groups is 2. The van der Waals surface area contributed by atoms with E-state index in [0.29, 0.717) is 11.3 Å². The monoisotopic (exact) mass is 473 g/mol. The highest BCUT2D eigenvalue weighted by Gasteiger charge is 2.38. The smallest absolute Gasteiger partial charge is 0.325 e. The molecule has 0 bridgehead atoms. The van der Waals surface area contributed by atoms with Crippen LogP contribution in [0.25, 0.3) is 5.13 Å². The van der Waals surface area contributed by atoms with Crippen molar-refractivity contribution in [3.05, 3.63) is 70.0 Å². The minimum absolute atomic E-state index is 0.0949. The van der Waals surface area contributed by atoms with E-state index in [9.17, 15) is 18.0 Å². The third-order valence-electron chi connectivity index (χ3n) is 5.59. The van der Waals surface area contributed by atoms with E-state index in [1.165, 1.54) is 11.3 Å². The van der Waals surface area contributed by atoms with Gasteiger partial charge in [0, 0.05) is 41.5 Å². The van der Waals surface area contributed by atoms with Crippen molar-refractivity contribution in [3.8, 4) is 5.13 Å². The Morgan fingerprint density at radius 3 is 2.59 bits per heavy atom. The number of benzene rings is 1. The number of ether oxygens (including phenoxy) is 1. The number of carbonyl (C=O) groups excluding carboxylic acids is 2. The van der Waals surface area contributed by atoms with E-state index in [1.54, 1.807) is 12.3 Å². The lowest BCUT2D eigenvalue weighted by atomic mass is 9.96. The quantitative estimate of drug-likeness (QED) is 0.403. The molecule has 1 aliphatic rings. The molecule has 0 spiro atoms. The lowest BCUT2D eigenvalue weighted by Gasteiger charge is -2.33. The topological polar surface area (TPSA) is 98.6 Å². The first-order chi connectivity index (χ1) is 15.2. The Morgan fingerprint density at radius 1 is 1.22 bits per heavy atom. The van der Waals surface area contributed by atoms with Gasteiger partial charge in [-0.05, 0) is 31.0 Å². The zero-order valence-electron chi connectivity index (χ0n) is 17.9. The summed E-state index contributed by atoms with van der Waals surface area (Å²) in [5.41, 5.74) is 3.75. The molecule has 4 rings (SSSR count). The largest absolute Gasteiger partial charge is 0.456 e. The van der Waals surface area contributed by atoms with Gasteiger partial charge < -0.3 is 4.74 Å². The molecule has 1 unspecified atom stereocenters. The first kappa shape index (κ1) is 22.4. The summed E-state index contributed by atoms with van der Waals surface area (Å²) >= 11 is 1.46. The Kier molecular flexibility index (Phi) is 6.02. The third-order valence-corrected chi connectivity index (χ3v) is 7.58. The zero-order valence-corrected chi connectivity index (χ0v) is 19.6. The number of aryl methyl sites for hydroxylation is 1. The number of esters is 1. The van der Waals surface area contributed by atoms with Crippen LogP contribution in [0.2, 0.25) is 0 Å². The second-order valence-corrected chi connectivity index (χ2v) is 10.6. The molecule has 168 valence electrons. The molecule has 0 saturated heterocycles. The predicted molar refractivity (Wildman–Crippen MR) is 121 cm³/mol. The van der Waals surface area contributed by atoms with Crippen LogP contribution in [0.4, 0.5) is 0 Å². The Labute approximate surface area is 190 Å². The Bertz CT molecular complexity index is 1280. The molecule has 3 heterocycles.